The monoisotopic (exact) mass is 278 g/mol. The predicted octanol–water partition coefficient (Wildman–Crippen LogP) is 2.92. The van der Waals surface area contributed by atoms with E-state index >= 15 is 0 Å². The highest BCUT2D eigenvalue weighted by Gasteiger charge is 2.27. The summed E-state index contributed by atoms with van der Waals surface area (Å²) < 4.78 is 0. The Morgan fingerprint density at radius 1 is 1.55 bits per heavy atom. The quantitative estimate of drug-likeness (QED) is 0.661. The van der Waals surface area contributed by atoms with Crippen molar-refractivity contribution in [1.82, 2.24) is 0 Å². The molecule has 1 aliphatic heterocycles. The fourth-order valence-electron chi connectivity index (χ4n) is 2.77. The minimum Gasteiger partial charge on any atom is -0.478 e. The van der Waals surface area contributed by atoms with Crippen LogP contribution in [0.2, 0.25) is 0 Å². The molecule has 1 heterocycles. The number of carboxylic acids is 1. The summed E-state index contributed by atoms with van der Waals surface area (Å²) in [5, 5.41) is 20.1. The van der Waals surface area contributed by atoms with E-state index in [-0.39, 0.29) is 11.3 Å². The molecule has 1 atom stereocenters. The van der Waals surface area contributed by atoms with Gasteiger partial charge in [-0.2, -0.15) is 0 Å². The first-order chi connectivity index (χ1) is 9.52. The number of rotatable bonds is 5. The van der Waals surface area contributed by atoms with Gasteiger partial charge in [0.05, 0.1) is 10.5 Å². The fourth-order valence-corrected chi connectivity index (χ4v) is 2.77. The number of nitro groups is 1. The van der Waals surface area contributed by atoms with E-state index in [1.165, 1.54) is 6.07 Å². The van der Waals surface area contributed by atoms with Crippen LogP contribution in [0.4, 0.5) is 11.4 Å². The van der Waals surface area contributed by atoms with Gasteiger partial charge in [-0.15, -0.1) is 0 Å². The van der Waals surface area contributed by atoms with Gasteiger partial charge in [-0.25, -0.2) is 4.79 Å². The van der Waals surface area contributed by atoms with E-state index in [2.05, 4.69) is 6.92 Å². The molecule has 1 saturated heterocycles. The number of benzene rings is 1. The van der Waals surface area contributed by atoms with Gasteiger partial charge in [0.2, 0.25) is 0 Å². The lowest BCUT2D eigenvalue weighted by atomic mass is 10.0. The molecule has 6 nitrogen and oxygen atoms in total. The summed E-state index contributed by atoms with van der Waals surface area (Å²) in [7, 11) is 0. The van der Waals surface area contributed by atoms with Crippen molar-refractivity contribution in [2.75, 3.05) is 18.0 Å². The van der Waals surface area contributed by atoms with Gasteiger partial charge in [0.15, 0.2) is 0 Å². The maximum absolute atomic E-state index is 11.1. The molecule has 6 heteroatoms. The van der Waals surface area contributed by atoms with Crippen LogP contribution >= 0.6 is 0 Å². The summed E-state index contributed by atoms with van der Waals surface area (Å²) in [6.07, 6.45) is 3.27. The molecule has 1 fully saturated rings. The van der Waals surface area contributed by atoms with Gasteiger partial charge >= 0.3 is 5.97 Å². The molecule has 1 aromatic carbocycles. The summed E-state index contributed by atoms with van der Waals surface area (Å²) in [6.45, 7) is 3.73. The molecule has 0 bridgehead atoms. The van der Waals surface area contributed by atoms with E-state index in [1.54, 1.807) is 6.07 Å². The molecule has 0 amide bonds. The zero-order chi connectivity index (χ0) is 14.7. The highest BCUT2D eigenvalue weighted by Crippen LogP contribution is 2.34. The van der Waals surface area contributed by atoms with Crippen molar-refractivity contribution in [3.05, 3.63) is 33.9 Å². The second kappa shape index (κ2) is 5.90. The molecule has 108 valence electrons. The van der Waals surface area contributed by atoms with Crippen molar-refractivity contribution >= 4 is 17.3 Å². The van der Waals surface area contributed by atoms with Crippen LogP contribution in [0, 0.1) is 16.0 Å². The van der Waals surface area contributed by atoms with E-state index in [9.17, 15) is 14.9 Å². The molecular formula is C14H18N2O4. The maximum Gasteiger partial charge on any atom is 0.335 e. The lowest BCUT2D eigenvalue weighted by Crippen LogP contribution is -2.21. The first-order valence-electron chi connectivity index (χ1n) is 6.79. The summed E-state index contributed by atoms with van der Waals surface area (Å²) in [6, 6.07) is 4.12. The molecule has 1 N–H and O–H groups in total. The van der Waals surface area contributed by atoms with Gasteiger partial charge in [-0.05, 0) is 30.9 Å². The first-order valence-corrected chi connectivity index (χ1v) is 6.79. The van der Waals surface area contributed by atoms with Crippen LogP contribution in [-0.4, -0.2) is 29.1 Å². The molecular weight excluding hydrogens is 260 g/mol. The number of nitrogens with zero attached hydrogens (tertiary/aromatic N) is 2. The second-order valence-corrected chi connectivity index (χ2v) is 5.16. The van der Waals surface area contributed by atoms with Crippen LogP contribution in [0.1, 0.15) is 36.5 Å². The van der Waals surface area contributed by atoms with E-state index in [0.29, 0.717) is 11.6 Å². The zero-order valence-electron chi connectivity index (χ0n) is 11.4. The van der Waals surface area contributed by atoms with Crippen molar-refractivity contribution in [2.24, 2.45) is 5.92 Å². The Bertz CT molecular complexity index is 530. The normalized spacial score (nSPS) is 18.2. The van der Waals surface area contributed by atoms with Gasteiger partial charge in [0, 0.05) is 19.2 Å². The molecule has 20 heavy (non-hydrogen) atoms. The fraction of sp³-hybridized carbons (Fsp3) is 0.500. The van der Waals surface area contributed by atoms with Gasteiger partial charge in [-0.3, -0.25) is 10.1 Å². The topological polar surface area (TPSA) is 83.7 Å². The SMILES string of the molecule is CCCC1CCN(c2ccc(C(=O)O)cc2[N+](=O)[O-])C1. The maximum atomic E-state index is 11.1. The third-order valence-corrected chi connectivity index (χ3v) is 3.74. The first kappa shape index (κ1) is 14.3. The van der Waals surface area contributed by atoms with Gasteiger partial charge in [-0.1, -0.05) is 13.3 Å². The van der Waals surface area contributed by atoms with Crippen LogP contribution in [0.3, 0.4) is 0 Å². The van der Waals surface area contributed by atoms with Crippen molar-refractivity contribution in [1.29, 1.82) is 0 Å². The van der Waals surface area contributed by atoms with Crippen molar-refractivity contribution in [3.8, 4) is 0 Å². The number of hydrogen-bond donors (Lipinski definition) is 1. The molecule has 0 radical (unpaired) electrons. The molecule has 1 unspecified atom stereocenters. The average Bonchev–Trinajstić information content (AvgIpc) is 2.86. The van der Waals surface area contributed by atoms with Crippen molar-refractivity contribution < 1.29 is 14.8 Å². The smallest absolute Gasteiger partial charge is 0.335 e. The Morgan fingerprint density at radius 2 is 2.30 bits per heavy atom. The highest BCUT2D eigenvalue weighted by molar-refractivity contribution is 5.89. The van der Waals surface area contributed by atoms with E-state index < -0.39 is 10.9 Å². The molecule has 2 rings (SSSR count). The number of nitro benzene ring substituents is 1. The minimum absolute atomic E-state index is 0.0512. The molecule has 0 spiro atoms. The molecule has 1 aromatic rings. The Hall–Kier alpha value is -2.11. The van der Waals surface area contributed by atoms with Gasteiger partial charge < -0.3 is 10.0 Å². The van der Waals surface area contributed by atoms with E-state index in [4.69, 9.17) is 5.11 Å². The highest BCUT2D eigenvalue weighted by atomic mass is 16.6. The third kappa shape index (κ3) is 2.89. The summed E-state index contributed by atoms with van der Waals surface area (Å²) in [5.74, 6) is -0.580. The van der Waals surface area contributed by atoms with Crippen LogP contribution in [0.25, 0.3) is 0 Å². The zero-order valence-corrected chi connectivity index (χ0v) is 11.4. The summed E-state index contributed by atoms with van der Waals surface area (Å²) in [5.41, 5.74) is 0.352. The minimum atomic E-state index is -1.15. The van der Waals surface area contributed by atoms with Crippen LogP contribution in [0.15, 0.2) is 18.2 Å². The molecule has 0 aliphatic carbocycles. The number of hydrogen-bond acceptors (Lipinski definition) is 4. The summed E-state index contributed by atoms with van der Waals surface area (Å²) >= 11 is 0. The van der Waals surface area contributed by atoms with Gasteiger partial charge in [0.1, 0.15) is 5.69 Å². The summed E-state index contributed by atoms with van der Waals surface area (Å²) in [4.78, 5) is 23.5. The van der Waals surface area contributed by atoms with Crippen molar-refractivity contribution in [3.63, 3.8) is 0 Å². The van der Waals surface area contributed by atoms with E-state index in [0.717, 1.165) is 38.4 Å². The average molecular weight is 278 g/mol. The second-order valence-electron chi connectivity index (χ2n) is 5.16. The predicted molar refractivity (Wildman–Crippen MR) is 75.3 cm³/mol. The van der Waals surface area contributed by atoms with Gasteiger partial charge in [0.25, 0.3) is 5.69 Å². The Labute approximate surface area is 117 Å². The third-order valence-electron chi connectivity index (χ3n) is 3.74. The standard InChI is InChI=1S/C14H18N2O4/c1-2-3-10-6-7-15(9-10)12-5-4-11(14(17)18)8-13(12)16(19)20/h4-5,8,10H,2-3,6-7,9H2,1H3,(H,17,18). The number of aromatic carboxylic acids is 1. The Kier molecular flexibility index (Phi) is 4.22. The number of anilines is 1. The lowest BCUT2D eigenvalue weighted by molar-refractivity contribution is -0.384. The van der Waals surface area contributed by atoms with Crippen LogP contribution in [0.5, 0.6) is 0 Å². The van der Waals surface area contributed by atoms with Crippen LogP contribution in [-0.2, 0) is 0 Å². The number of carboxylic acid groups (broad SMARTS) is 1. The Balaban J connectivity index is 2.28. The van der Waals surface area contributed by atoms with Crippen molar-refractivity contribution in [2.45, 2.75) is 26.2 Å². The van der Waals surface area contributed by atoms with E-state index in [1.807, 2.05) is 4.90 Å². The lowest BCUT2D eigenvalue weighted by Gasteiger charge is -2.18. The number of carbonyl (C=O) groups is 1. The molecule has 1 aliphatic rings. The Morgan fingerprint density at radius 3 is 2.90 bits per heavy atom. The largest absolute Gasteiger partial charge is 0.478 e. The molecule has 0 saturated carbocycles. The van der Waals surface area contributed by atoms with Crippen LogP contribution < -0.4 is 4.90 Å². The molecule has 0 aromatic heterocycles.